The quantitative estimate of drug-likeness (QED) is 0.584. The van der Waals surface area contributed by atoms with Gasteiger partial charge < -0.3 is 4.74 Å². The number of hydrogen-bond donors (Lipinski definition) is 0. The van der Waals surface area contributed by atoms with Crippen molar-refractivity contribution in [2.24, 2.45) is 5.41 Å². The maximum atomic E-state index is 12.3. The lowest BCUT2D eigenvalue weighted by Crippen LogP contribution is -2.55. The molecule has 0 radical (unpaired) electrons. The number of hydrogen-bond acceptors (Lipinski definition) is 2. The van der Waals surface area contributed by atoms with Gasteiger partial charge in [-0.1, -0.05) is 12.2 Å². The van der Waals surface area contributed by atoms with E-state index in [9.17, 15) is 4.79 Å². The molecule has 0 amide bonds. The summed E-state index contributed by atoms with van der Waals surface area (Å²) < 4.78 is 6.18. The van der Waals surface area contributed by atoms with Gasteiger partial charge in [0.05, 0.1) is 17.1 Å². The third-order valence-corrected chi connectivity index (χ3v) is 4.73. The molecule has 3 unspecified atom stereocenters. The second-order valence-electron chi connectivity index (χ2n) is 5.84. The zero-order chi connectivity index (χ0) is 11.6. The molecule has 0 saturated carbocycles. The smallest absolute Gasteiger partial charge is 0.164 e. The molecule has 86 valence electrons. The van der Waals surface area contributed by atoms with Crippen LogP contribution >= 0.6 is 0 Å². The number of carbonyl (C=O) groups is 1. The first-order chi connectivity index (χ1) is 7.47. The van der Waals surface area contributed by atoms with Gasteiger partial charge in [-0.15, -0.1) is 0 Å². The molecule has 2 fully saturated rings. The van der Waals surface area contributed by atoms with E-state index in [0.717, 1.165) is 31.3 Å². The summed E-state index contributed by atoms with van der Waals surface area (Å²) in [6, 6.07) is 0. The second-order valence-corrected chi connectivity index (χ2v) is 5.84. The van der Waals surface area contributed by atoms with Gasteiger partial charge in [0.2, 0.25) is 0 Å². The highest BCUT2D eigenvalue weighted by Crippen LogP contribution is 2.58. The highest BCUT2D eigenvalue weighted by molar-refractivity contribution is 5.97. The van der Waals surface area contributed by atoms with E-state index < -0.39 is 0 Å². The Kier molecular flexibility index (Phi) is 1.84. The molecular formula is C14H18O2. The molecule has 0 N–H and O–H groups in total. The van der Waals surface area contributed by atoms with Gasteiger partial charge in [0.15, 0.2) is 5.78 Å². The van der Waals surface area contributed by atoms with Crippen molar-refractivity contribution < 1.29 is 9.53 Å². The van der Waals surface area contributed by atoms with Crippen molar-refractivity contribution in [1.82, 2.24) is 0 Å². The van der Waals surface area contributed by atoms with Crippen molar-refractivity contribution in [2.75, 3.05) is 0 Å². The number of carbonyl (C=O) groups excluding carboxylic acids is 1. The molecule has 1 aliphatic carbocycles. The molecule has 2 nitrogen and oxygen atoms in total. The van der Waals surface area contributed by atoms with Crippen molar-refractivity contribution in [3.63, 3.8) is 0 Å². The lowest BCUT2D eigenvalue weighted by atomic mass is 9.61. The lowest BCUT2D eigenvalue weighted by molar-refractivity contribution is -0.172. The number of fused-ring (bicyclic) bond motifs is 1. The molecular weight excluding hydrogens is 200 g/mol. The van der Waals surface area contributed by atoms with Crippen LogP contribution in [0, 0.1) is 5.41 Å². The van der Waals surface area contributed by atoms with Crippen LogP contribution in [-0.2, 0) is 9.53 Å². The van der Waals surface area contributed by atoms with Crippen LogP contribution in [0.5, 0.6) is 0 Å². The third kappa shape index (κ3) is 1.03. The van der Waals surface area contributed by atoms with E-state index >= 15 is 0 Å². The average molecular weight is 218 g/mol. The first-order valence-corrected chi connectivity index (χ1v) is 6.04. The monoisotopic (exact) mass is 218 g/mol. The highest BCUT2D eigenvalue weighted by atomic mass is 16.5. The Balaban J connectivity index is 2.13. The van der Waals surface area contributed by atoms with Gasteiger partial charge in [-0.2, -0.15) is 0 Å². The van der Waals surface area contributed by atoms with Crippen LogP contribution in [0.15, 0.2) is 23.8 Å². The van der Waals surface area contributed by atoms with Gasteiger partial charge in [0, 0.05) is 6.42 Å². The minimum atomic E-state index is -0.317. The molecule has 1 spiro atoms. The van der Waals surface area contributed by atoms with Crippen molar-refractivity contribution in [2.45, 2.75) is 51.2 Å². The summed E-state index contributed by atoms with van der Waals surface area (Å²) in [5.74, 6) is 0.254. The molecule has 3 aliphatic rings. The lowest BCUT2D eigenvalue weighted by Gasteiger charge is -2.50. The highest BCUT2D eigenvalue weighted by Gasteiger charge is 2.62. The molecule has 0 aromatic rings. The van der Waals surface area contributed by atoms with Crippen molar-refractivity contribution in [3.8, 4) is 0 Å². The summed E-state index contributed by atoms with van der Waals surface area (Å²) in [5.41, 5.74) is 1.75. The Morgan fingerprint density at radius 2 is 2.25 bits per heavy atom. The zero-order valence-electron chi connectivity index (χ0n) is 10.0. The normalized spacial score (nSPS) is 46.6. The number of rotatable bonds is 0. The van der Waals surface area contributed by atoms with Crippen LogP contribution in [0.1, 0.15) is 39.5 Å². The fourth-order valence-electron chi connectivity index (χ4n) is 3.65. The fraction of sp³-hybridized carbons (Fsp3) is 0.643. The molecule has 2 bridgehead atoms. The molecule has 2 heteroatoms. The number of ketones is 1. The maximum Gasteiger partial charge on any atom is 0.164 e. The predicted molar refractivity (Wildman–Crippen MR) is 62.1 cm³/mol. The van der Waals surface area contributed by atoms with E-state index in [1.54, 1.807) is 0 Å². The first-order valence-electron chi connectivity index (χ1n) is 6.04. The zero-order valence-corrected chi connectivity index (χ0v) is 10.0. The van der Waals surface area contributed by atoms with Crippen molar-refractivity contribution in [3.05, 3.63) is 23.8 Å². The minimum Gasteiger partial charge on any atom is -0.366 e. The second kappa shape index (κ2) is 2.86. The standard InChI is InChI=1S/C14H18O2/c1-9-6-12(15)13(3)5-4-11-10(2)8-14(13,7-9)16-11/h6,11H,2,4-5,7-8H2,1,3H3. The summed E-state index contributed by atoms with van der Waals surface area (Å²) in [5, 5.41) is 0. The summed E-state index contributed by atoms with van der Waals surface area (Å²) in [4.78, 5) is 12.3. The molecule has 16 heavy (non-hydrogen) atoms. The van der Waals surface area contributed by atoms with Crippen molar-refractivity contribution in [1.29, 1.82) is 0 Å². The predicted octanol–water partition coefficient (Wildman–Crippen LogP) is 2.79. The van der Waals surface area contributed by atoms with E-state index in [4.69, 9.17) is 4.74 Å². The maximum absolute atomic E-state index is 12.3. The minimum absolute atomic E-state index is 0.201. The Labute approximate surface area is 96.4 Å². The SMILES string of the molecule is C=C1CC23CC(C)=CC(=O)C2(C)CCC1O3. The van der Waals surface area contributed by atoms with E-state index in [2.05, 4.69) is 13.5 Å². The molecule has 3 atom stereocenters. The Bertz CT molecular complexity index is 420. The Hall–Kier alpha value is -0.890. The Morgan fingerprint density at radius 1 is 1.50 bits per heavy atom. The Morgan fingerprint density at radius 3 is 3.00 bits per heavy atom. The van der Waals surface area contributed by atoms with Gasteiger partial charge >= 0.3 is 0 Å². The third-order valence-electron chi connectivity index (χ3n) is 4.73. The number of ether oxygens (including phenoxy) is 1. The largest absolute Gasteiger partial charge is 0.366 e. The van der Waals surface area contributed by atoms with Gasteiger partial charge in [-0.05, 0) is 44.8 Å². The molecule has 2 saturated heterocycles. The summed E-state index contributed by atoms with van der Waals surface area (Å²) in [6.45, 7) is 8.21. The summed E-state index contributed by atoms with van der Waals surface area (Å²) >= 11 is 0. The topological polar surface area (TPSA) is 26.3 Å². The van der Waals surface area contributed by atoms with Crippen LogP contribution in [0.25, 0.3) is 0 Å². The van der Waals surface area contributed by atoms with Crippen LogP contribution in [0.3, 0.4) is 0 Å². The van der Waals surface area contributed by atoms with Crippen LogP contribution < -0.4 is 0 Å². The number of allylic oxidation sites excluding steroid dienone is 1. The van der Waals surface area contributed by atoms with E-state index in [-0.39, 0.29) is 22.9 Å². The molecule has 2 aliphatic heterocycles. The van der Waals surface area contributed by atoms with Gasteiger partial charge in [-0.3, -0.25) is 4.79 Å². The van der Waals surface area contributed by atoms with Gasteiger partial charge in [0.25, 0.3) is 0 Å². The summed E-state index contributed by atoms with van der Waals surface area (Å²) in [7, 11) is 0. The molecule has 2 heterocycles. The van der Waals surface area contributed by atoms with E-state index in [1.165, 1.54) is 5.57 Å². The van der Waals surface area contributed by atoms with Crippen LogP contribution in [0.4, 0.5) is 0 Å². The average Bonchev–Trinajstić information content (AvgIpc) is 2.45. The molecule has 0 aromatic carbocycles. The first kappa shape index (κ1) is 10.3. The van der Waals surface area contributed by atoms with Crippen LogP contribution in [0.2, 0.25) is 0 Å². The van der Waals surface area contributed by atoms with Gasteiger partial charge in [-0.25, -0.2) is 0 Å². The fourth-order valence-corrected chi connectivity index (χ4v) is 3.65. The summed E-state index contributed by atoms with van der Waals surface area (Å²) in [6.07, 6.45) is 5.67. The van der Waals surface area contributed by atoms with Crippen molar-refractivity contribution >= 4 is 5.78 Å². The molecule has 3 rings (SSSR count). The molecule has 0 aromatic heterocycles. The van der Waals surface area contributed by atoms with Crippen LogP contribution in [-0.4, -0.2) is 17.5 Å². The van der Waals surface area contributed by atoms with Gasteiger partial charge in [0.1, 0.15) is 0 Å². The van der Waals surface area contributed by atoms with E-state index in [1.807, 2.05) is 13.0 Å². The van der Waals surface area contributed by atoms with E-state index in [0.29, 0.717) is 0 Å².